The largest absolute Gasteiger partial charge is 1.00 e. The van der Waals surface area contributed by atoms with Crippen LogP contribution >= 0.6 is 0 Å². The van der Waals surface area contributed by atoms with E-state index in [4.69, 9.17) is 0 Å². The van der Waals surface area contributed by atoms with Gasteiger partial charge in [0.2, 0.25) is 0 Å². The van der Waals surface area contributed by atoms with E-state index in [1.54, 1.807) is 0 Å². The van der Waals surface area contributed by atoms with Gasteiger partial charge in [-0.1, -0.05) is 54.6 Å². The van der Waals surface area contributed by atoms with Gasteiger partial charge in [-0.2, -0.15) is 25.3 Å². The number of carbonyl (C=O) groups excluding carboxylic acids is 3. The Kier molecular flexibility index (Phi) is 15.7. The Labute approximate surface area is 286 Å². The van der Waals surface area contributed by atoms with Gasteiger partial charge in [-0.25, -0.2) is 0 Å². The molecule has 0 spiro atoms. The Balaban J connectivity index is 0.00000588. The number of rotatable bonds is 12. The Morgan fingerprint density at radius 2 is 0.674 bits per heavy atom. The average molecular weight is 648 g/mol. The fourth-order valence-electron chi connectivity index (χ4n) is 3.07. The van der Waals surface area contributed by atoms with Crippen LogP contribution in [0.1, 0.15) is 31.1 Å². The number of aromatic carboxylic acids is 3. The molecule has 0 saturated heterocycles. The fourth-order valence-corrected chi connectivity index (χ4v) is 10.0. The zero-order chi connectivity index (χ0) is 29.9. The Morgan fingerprint density at radius 3 is 0.884 bits per heavy atom. The van der Waals surface area contributed by atoms with Crippen LogP contribution in [0.15, 0.2) is 87.5 Å². The zero-order valence-corrected chi connectivity index (χ0v) is 26.0. The molecule has 3 aromatic rings. The normalized spacial score (nSPS) is 11.2. The van der Waals surface area contributed by atoms with E-state index in [1.165, 1.54) is 0 Å². The third-order valence-corrected chi connectivity index (χ3v) is 12.4. The summed E-state index contributed by atoms with van der Waals surface area (Å²) >= 11 is -5.18. The van der Waals surface area contributed by atoms with Crippen LogP contribution in [0.5, 0.6) is 0 Å². The van der Waals surface area contributed by atoms with Crippen molar-refractivity contribution in [2.45, 2.75) is 14.7 Å². The number of hydrogen-bond acceptors (Lipinski definition) is 15. The maximum absolute atomic E-state index is 12.9. The number of carboxylic acid groups (broad SMARTS) is 3. The fraction of sp³-hybridized carbons (Fsp3) is 0. The summed E-state index contributed by atoms with van der Waals surface area (Å²) in [6, 6.07) is 10.9. The van der Waals surface area contributed by atoms with E-state index in [9.17, 15) is 55.0 Å². The second kappa shape index (κ2) is 16.4. The van der Waals surface area contributed by atoms with Crippen molar-refractivity contribution in [1.29, 1.82) is 0 Å². The van der Waals surface area contributed by atoms with E-state index in [1.807, 2.05) is 0 Å². The molecule has 210 valence electrons. The number of hydrogen-bond donors (Lipinski definition) is 0. The summed E-state index contributed by atoms with van der Waals surface area (Å²) in [6.07, 6.45) is 0. The van der Waals surface area contributed by atoms with Gasteiger partial charge in [-0.3, -0.25) is 0 Å². The standard InChI is InChI=1S/3C7H6O5S.Al.3Li/c3*8-7(9)5-3-1-2-4-6(5)13(10,11)12;;;;/h3*1-4H,(H,8,9)(H,10,11,12);;;;/q;;;+3;3*+1/p-6. The Hall–Kier alpha value is -1.88. The van der Waals surface area contributed by atoms with Crippen molar-refractivity contribution in [2.75, 3.05) is 0 Å². The van der Waals surface area contributed by atoms with E-state index in [-0.39, 0.29) is 56.6 Å². The minimum atomic E-state index is -5.39. The molecule has 0 heterocycles. The van der Waals surface area contributed by atoms with Gasteiger partial charge in [0, 0.05) is 16.7 Å². The molecule has 0 aliphatic carbocycles. The molecule has 0 radical (unpaired) electrons. The first-order chi connectivity index (χ1) is 18.6. The molecule has 3 aromatic carbocycles. The molecule has 3 rings (SSSR count). The second-order valence-electron chi connectivity index (χ2n) is 7.29. The van der Waals surface area contributed by atoms with E-state index < -0.39 is 94.8 Å². The van der Waals surface area contributed by atoms with Crippen molar-refractivity contribution in [1.82, 2.24) is 0 Å². The molecule has 0 N–H and O–H groups in total. The molecule has 43 heavy (non-hydrogen) atoms. The molecule has 0 bridgehead atoms. The molecular formula is C21H12AlLi3O15S3. The van der Waals surface area contributed by atoms with Crippen LogP contribution in [0.2, 0.25) is 0 Å². The first kappa shape index (κ1) is 41.1. The molecule has 0 unspecified atom stereocenters. The van der Waals surface area contributed by atoms with Crippen molar-refractivity contribution in [3.63, 3.8) is 0 Å². The van der Waals surface area contributed by atoms with Gasteiger partial charge in [-0.05, 0) is 18.2 Å². The van der Waals surface area contributed by atoms with E-state index in [0.717, 1.165) is 54.6 Å². The maximum atomic E-state index is 12.9. The summed E-state index contributed by atoms with van der Waals surface area (Å²) in [5.74, 6) is -6.02. The summed E-state index contributed by atoms with van der Waals surface area (Å²) in [6.45, 7) is 0. The minimum absolute atomic E-state index is 0. The predicted molar refractivity (Wildman–Crippen MR) is 123 cm³/mol. The molecule has 0 aliphatic rings. The molecule has 0 fully saturated rings. The first-order valence-corrected chi connectivity index (χ1v) is 15.9. The Bertz CT molecular complexity index is 1620. The summed E-state index contributed by atoms with van der Waals surface area (Å²) < 4.78 is 91.4. The minimum Gasteiger partial charge on any atom is -0.545 e. The van der Waals surface area contributed by atoms with Crippen molar-refractivity contribution in [3.8, 4) is 0 Å². The Morgan fingerprint density at radius 1 is 0.465 bits per heavy atom. The van der Waals surface area contributed by atoms with Crippen LogP contribution in [0, 0.1) is 0 Å². The zero-order valence-electron chi connectivity index (χ0n) is 22.4. The summed E-state index contributed by atoms with van der Waals surface area (Å²) in [5.41, 5.74) is -2.90. The van der Waals surface area contributed by atoms with Crippen LogP contribution < -0.4 is 71.9 Å². The molecule has 15 nitrogen and oxygen atoms in total. The predicted octanol–water partition coefficient (Wildman–Crippen LogP) is -11.7. The SMILES string of the molecule is O=C([O-])c1ccccc1S(=O)(=O)[O][Al]([O]S(=O)(=O)c1ccccc1C(=O)[O-])[O]S(=O)(=O)c1ccccc1C(=O)[O-].[Li+].[Li+].[Li+]. The van der Waals surface area contributed by atoms with Crippen molar-refractivity contribution >= 4 is 63.4 Å². The van der Waals surface area contributed by atoms with Gasteiger partial charge < -0.3 is 39.4 Å². The van der Waals surface area contributed by atoms with Crippen molar-refractivity contribution in [3.05, 3.63) is 89.5 Å². The van der Waals surface area contributed by atoms with Crippen molar-refractivity contribution < 1.29 is 121 Å². The summed E-state index contributed by atoms with van der Waals surface area (Å²) in [5, 5.41) is 34.2. The molecule has 22 heteroatoms. The smallest absolute Gasteiger partial charge is 0.545 e. The van der Waals surface area contributed by atoms with E-state index >= 15 is 0 Å². The number of carbonyl (C=O) groups is 3. The molecule has 0 saturated carbocycles. The van der Waals surface area contributed by atoms with Gasteiger partial charge >= 0.3 is 71.7 Å². The third kappa shape index (κ3) is 10.1. The average Bonchev–Trinajstić information content (AvgIpc) is 2.87. The first-order valence-electron chi connectivity index (χ1n) is 10.3. The molecule has 0 aromatic heterocycles. The summed E-state index contributed by atoms with van der Waals surface area (Å²) in [7, 11) is -16.2. The maximum Gasteiger partial charge on any atom is 1.00 e. The second-order valence-corrected chi connectivity index (χ2v) is 14.2. The van der Waals surface area contributed by atoms with E-state index in [2.05, 4.69) is 9.70 Å². The van der Waals surface area contributed by atoms with E-state index in [0.29, 0.717) is 18.2 Å². The monoisotopic (exact) mass is 648 g/mol. The van der Waals surface area contributed by atoms with Gasteiger partial charge in [0.05, 0.1) is 17.9 Å². The molecular weight excluding hydrogens is 636 g/mol. The molecule has 0 aliphatic heterocycles. The van der Waals surface area contributed by atoms with Gasteiger partial charge in [0.25, 0.3) is 30.4 Å². The van der Waals surface area contributed by atoms with Crippen LogP contribution in [0.3, 0.4) is 0 Å². The number of benzene rings is 3. The van der Waals surface area contributed by atoms with Gasteiger partial charge in [0.1, 0.15) is 14.7 Å². The van der Waals surface area contributed by atoms with Gasteiger partial charge in [-0.15, -0.1) is 0 Å². The summed E-state index contributed by atoms with van der Waals surface area (Å²) in [4.78, 5) is 30.8. The van der Waals surface area contributed by atoms with Crippen LogP contribution in [-0.2, 0) is 40.1 Å². The van der Waals surface area contributed by atoms with Crippen LogP contribution in [0.4, 0.5) is 0 Å². The van der Waals surface area contributed by atoms with Gasteiger partial charge in [0.15, 0.2) is 0 Å². The van der Waals surface area contributed by atoms with Crippen molar-refractivity contribution in [2.24, 2.45) is 0 Å². The van der Waals surface area contributed by atoms with Crippen LogP contribution in [0.25, 0.3) is 0 Å². The molecule has 0 amide bonds. The number of carboxylic acids is 3. The van der Waals surface area contributed by atoms with Crippen LogP contribution in [-0.4, -0.2) is 58.3 Å². The third-order valence-electron chi connectivity index (χ3n) is 4.74. The molecule has 0 atom stereocenters. The topological polar surface area (TPSA) is 250 Å². The quantitative estimate of drug-likeness (QED) is 0.165.